The van der Waals surface area contributed by atoms with E-state index in [0.29, 0.717) is 6.61 Å². The van der Waals surface area contributed by atoms with Gasteiger partial charge in [0.2, 0.25) is 0 Å². The predicted octanol–water partition coefficient (Wildman–Crippen LogP) is 4.67. The van der Waals surface area contributed by atoms with Crippen LogP contribution in [0.2, 0.25) is 0 Å². The average molecular weight is 379 g/mol. The van der Waals surface area contributed by atoms with Crippen molar-refractivity contribution < 1.29 is 18.6 Å². The van der Waals surface area contributed by atoms with Gasteiger partial charge in [-0.05, 0) is 54.4 Å². The number of hydrogen-bond acceptors (Lipinski definition) is 5. The second-order valence-corrected chi connectivity index (χ2v) is 6.97. The minimum Gasteiger partial charge on any atom is -0.497 e. The van der Waals surface area contributed by atoms with Gasteiger partial charge in [-0.15, -0.1) is 0 Å². The van der Waals surface area contributed by atoms with Crippen LogP contribution in [-0.2, 0) is 13.1 Å². The van der Waals surface area contributed by atoms with E-state index in [-0.39, 0.29) is 0 Å². The third-order valence-electron chi connectivity index (χ3n) is 5.00. The summed E-state index contributed by atoms with van der Waals surface area (Å²) in [6.07, 6.45) is 0. The van der Waals surface area contributed by atoms with Crippen molar-refractivity contribution in [2.75, 3.05) is 27.4 Å². The molecule has 1 aromatic heterocycles. The number of benzene rings is 2. The van der Waals surface area contributed by atoms with Crippen LogP contribution in [0.25, 0.3) is 11.1 Å². The van der Waals surface area contributed by atoms with Gasteiger partial charge in [0, 0.05) is 18.7 Å². The molecule has 0 aliphatic carbocycles. The van der Waals surface area contributed by atoms with E-state index in [0.717, 1.165) is 65.1 Å². The smallest absolute Gasteiger partial charge is 0.165 e. The summed E-state index contributed by atoms with van der Waals surface area (Å²) in [5, 5.41) is 0. The molecule has 0 radical (unpaired) electrons. The molecular formula is C23H25NO4. The Bertz CT molecular complexity index is 946. The molecule has 2 aromatic carbocycles. The lowest BCUT2D eigenvalue weighted by molar-refractivity contribution is 0.204. The molecule has 4 rings (SSSR count). The fourth-order valence-corrected chi connectivity index (χ4v) is 3.57. The maximum Gasteiger partial charge on any atom is 0.165 e. The van der Waals surface area contributed by atoms with Crippen LogP contribution >= 0.6 is 0 Å². The molecule has 146 valence electrons. The highest BCUT2D eigenvalue weighted by molar-refractivity contribution is 5.70. The SMILES string of the molecule is COc1ccc(-c2cc3c(c(OC)c2)OCCN(Cc2ccc(C)o2)C3)cc1. The number of hydrogen-bond donors (Lipinski definition) is 0. The molecule has 0 atom stereocenters. The van der Waals surface area contributed by atoms with Crippen molar-refractivity contribution in [3.05, 3.63) is 65.6 Å². The molecule has 0 unspecified atom stereocenters. The second kappa shape index (κ2) is 7.98. The lowest BCUT2D eigenvalue weighted by atomic mass is 10.0. The summed E-state index contributed by atoms with van der Waals surface area (Å²) in [4.78, 5) is 2.33. The highest BCUT2D eigenvalue weighted by Gasteiger charge is 2.21. The number of methoxy groups -OCH3 is 2. The molecule has 1 aliphatic rings. The third kappa shape index (κ3) is 3.85. The first kappa shape index (κ1) is 18.4. The Morgan fingerprint density at radius 1 is 0.964 bits per heavy atom. The molecule has 0 fully saturated rings. The molecule has 28 heavy (non-hydrogen) atoms. The normalized spacial score (nSPS) is 14.1. The Morgan fingerprint density at radius 2 is 1.79 bits per heavy atom. The third-order valence-corrected chi connectivity index (χ3v) is 5.00. The van der Waals surface area contributed by atoms with Gasteiger partial charge in [-0.1, -0.05) is 12.1 Å². The van der Waals surface area contributed by atoms with Crippen LogP contribution in [0.4, 0.5) is 0 Å². The van der Waals surface area contributed by atoms with Gasteiger partial charge >= 0.3 is 0 Å². The van der Waals surface area contributed by atoms with Gasteiger partial charge in [0.15, 0.2) is 11.5 Å². The Kier molecular flexibility index (Phi) is 5.26. The van der Waals surface area contributed by atoms with E-state index >= 15 is 0 Å². The molecule has 0 spiro atoms. The van der Waals surface area contributed by atoms with Crippen molar-refractivity contribution in [1.29, 1.82) is 0 Å². The standard InChI is InChI=1S/C23H25NO4/c1-16-4-7-21(28-16)15-24-10-11-27-23-19(14-24)12-18(13-22(23)26-3)17-5-8-20(25-2)9-6-17/h4-9,12-13H,10-11,14-15H2,1-3H3. The highest BCUT2D eigenvalue weighted by atomic mass is 16.5. The lowest BCUT2D eigenvalue weighted by Crippen LogP contribution is -2.25. The fourth-order valence-electron chi connectivity index (χ4n) is 3.57. The van der Waals surface area contributed by atoms with E-state index in [1.54, 1.807) is 14.2 Å². The van der Waals surface area contributed by atoms with Crippen molar-refractivity contribution >= 4 is 0 Å². The molecule has 1 aliphatic heterocycles. The van der Waals surface area contributed by atoms with E-state index in [4.69, 9.17) is 18.6 Å². The van der Waals surface area contributed by atoms with E-state index < -0.39 is 0 Å². The number of aryl methyl sites for hydroxylation is 1. The van der Waals surface area contributed by atoms with Crippen LogP contribution in [0.3, 0.4) is 0 Å². The van der Waals surface area contributed by atoms with Crippen molar-refractivity contribution in [3.8, 4) is 28.4 Å². The van der Waals surface area contributed by atoms with E-state index in [9.17, 15) is 0 Å². The molecule has 0 amide bonds. The van der Waals surface area contributed by atoms with Gasteiger partial charge in [0.25, 0.3) is 0 Å². The van der Waals surface area contributed by atoms with Gasteiger partial charge in [0.1, 0.15) is 23.9 Å². The minimum absolute atomic E-state index is 0.616. The molecule has 0 saturated heterocycles. The Labute approximate surface area is 165 Å². The second-order valence-electron chi connectivity index (χ2n) is 6.97. The topological polar surface area (TPSA) is 44.1 Å². The maximum absolute atomic E-state index is 6.05. The van der Waals surface area contributed by atoms with Crippen molar-refractivity contribution in [3.63, 3.8) is 0 Å². The number of ether oxygens (including phenoxy) is 3. The first-order valence-electron chi connectivity index (χ1n) is 9.42. The van der Waals surface area contributed by atoms with Gasteiger partial charge in [0.05, 0.1) is 20.8 Å². The Hall–Kier alpha value is -2.92. The van der Waals surface area contributed by atoms with Crippen LogP contribution in [0, 0.1) is 6.92 Å². The number of nitrogens with zero attached hydrogens (tertiary/aromatic N) is 1. The predicted molar refractivity (Wildman–Crippen MR) is 108 cm³/mol. The molecule has 0 N–H and O–H groups in total. The van der Waals surface area contributed by atoms with Gasteiger partial charge in [-0.3, -0.25) is 4.90 Å². The molecule has 5 heteroatoms. The molecule has 3 aromatic rings. The number of fused-ring (bicyclic) bond motifs is 1. The van der Waals surface area contributed by atoms with E-state index in [1.165, 1.54) is 0 Å². The number of furan rings is 1. The largest absolute Gasteiger partial charge is 0.497 e. The summed E-state index contributed by atoms with van der Waals surface area (Å²) >= 11 is 0. The summed E-state index contributed by atoms with van der Waals surface area (Å²) in [5.41, 5.74) is 3.32. The van der Waals surface area contributed by atoms with Crippen molar-refractivity contribution in [2.45, 2.75) is 20.0 Å². The van der Waals surface area contributed by atoms with Gasteiger partial charge in [-0.2, -0.15) is 0 Å². The maximum atomic E-state index is 6.05. The van der Waals surface area contributed by atoms with Crippen LogP contribution < -0.4 is 14.2 Å². The van der Waals surface area contributed by atoms with Crippen LogP contribution in [0.15, 0.2) is 52.9 Å². The zero-order chi connectivity index (χ0) is 19.5. The molecular weight excluding hydrogens is 354 g/mol. The first-order valence-corrected chi connectivity index (χ1v) is 9.42. The van der Waals surface area contributed by atoms with Gasteiger partial charge in [-0.25, -0.2) is 0 Å². The molecule has 2 heterocycles. The number of rotatable bonds is 5. The summed E-state index contributed by atoms with van der Waals surface area (Å²) in [7, 11) is 3.36. The lowest BCUT2D eigenvalue weighted by Gasteiger charge is -2.18. The highest BCUT2D eigenvalue weighted by Crippen LogP contribution is 2.38. The van der Waals surface area contributed by atoms with E-state index in [1.807, 2.05) is 37.3 Å². The van der Waals surface area contributed by atoms with Crippen molar-refractivity contribution in [1.82, 2.24) is 4.90 Å². The van der Waals surface area contributed by atoms with Crippen LogP contribution in [0.5, 0.6) is 17.2 Å². The molecule has 0 bridgehead atoms. The monoisotopic (exact) mass is 379 g/mol. The summed E-state index contributed by atoms with van der Waals surface area (Å²) in [6.45, 7) is 4.94. The zero-order valence-corrected chi connectivity index (χ0v) is 16.5. The van der Waals surface area contributed by atoms with Gasteiger partial charge < -0.3 is 18.6 Å². The van der Waals surface area contributed by atoms with Crippen LogP contribution in [-0.4, -0.2) is 32.3 Å². The van der Waals surface area contributed by atoms with Crippen LogP contribution in [0.1, 0.15) is 17.1 Å². The Balaban J connectivity index is 1.65. The zero-order valence-electron chi connectivity index (χ0n) is 16.5. The summed E-state index contributed by atoms with van der Waals surface area (Å²) < 4.78 is 22.7. The molecule has 0 saturated carbocycles. The average Bonchev–Trinajstić information content (AvgIpc) is 3.01. The van der Waals surface area contributed by atoms with Crippen molar-refractivity contribution in [2.24, 2.45) is 0 Å². The summed E-state index contributed by atoms with van der Waals surface area (Å²) in [6, 6.07) is 16.3. The first-order chi connectivity index (χ1) is 13.7. The minimum atomic E-state index is 0.616. The Morgan fingerprint density at radius 3 is 2.46 bits per heavy atom. The summed E-state index contributed by atoms with van der Waals surface area (Å²) in [5.74, 6) is 4.34. The fraction of sp³-hybridized carbons (Fsp3) is 0.304. The molecule has 5 nitrogen and oxygen atoms in total. The quantitative estimate of drug-likeness (QED) is 0.645. The van der Waals surface area contributed by atoms with E-state index in [2.05, 4.69) is 23.1 Å².